The van der Waals surface area contributed by atoms with Crippen LogP contribution in [0.1, 0.15) is 17.8 Å². The van der Waals surface area contributed by atoms with E-state index < -0.39 is 0 Å². The number of hydrogen-bond donors (Lipinski definition) is 1. The molecular formula is C9H10FN3S. The van der Waals surface area contributed by atoms with Crippen LogP contribution in [0.5, 0.6) is 0 Å². The molecule has 0 aliphatic carbocycles. The molecule has 0 unspecified atom stereocenters. The maximum Gasteiger partial charge on any atom is 0.161 e. The summed E-state index contributed by atoms with van der Waals surface area (Å²) in [4.78, 5) is 1.07. The highest BCUT2D eigenvalue weighted by molar-refractivity contribution is 7.14. The normalized spacial score (nSPS) is 13.1. The third kappa shape index (κ3) is 1.69. The second kappa shape index (κ2) is 3.51. The van der Waals surface area contributed by atoms with E-state index in [0.29, 0.717) is 0 Å². The minimum atomic E-state index is -0.333. The predicted octanol–water partition coefficient (Wildman–Crippen LogP) is 2.09. The summed E-state index contributed by atoms with van der Waals surface area (Å²) >= 11 is 1.52. The van der Waals surface area contributed by atoms with E-state index >= 15 is 0 Å². The zero-order chi connectivity index (χ0) is 10.1. The maximum absolute atomic E-state index is 12.7. The monoisotopic (exact) mass is 211 g/mol. The number of aromatic nitrogens is 2. The second-order valence-corrected chi connectivity index (χ2v) is 4.16. The largest absolute Gasteiger partial charge is 0.324 e. The van der Waals surface area contributed by atoms with Gasteiger partial charge >= 0.3 is 0 Å². The van der Waals surface area contributed by atoms with Gasteiger partial charge in [-0.05, 0) is 19.1 Å². The van der Waals surface area contributed by atoms with Gasteiger partial charge in [-0.2, -0.15) is 5.10 Å². The van der Waals surface area contributed by atoms with Gasteiger partial charge in [0, 0.05) is 10.9 Å². The van der Waals surface area contributed by atoms with Crippen LogP contribution < -0.4 is 5.73 Å². The average Bonchev–Trinajstić information content (AvgIpc) is 2.70. The van der Waals surface area contributed by atoms with Gasteiger partial charge in [-0.15, -0.1) is 11.3 Å². The van der Waals surface area contributed by atoms with E-state index in [9.17, 15) is 4.39 Å². The molecule has 2 heterocycles. The molecule has 2 aromatic rings. The van der Waals surface area contributed by atoms with Crippen molar-refractivity contribution in [2.24, 2.45) is 5.73 Å². The topological polar surface area (TPSA) is 43.8 Å². The summed E-state index contributed by atoms with van der Waals surface area (Å²) in [6.45, 7) is 1.92. The van der Waals surface area contributed by atoms with Gasteiger partial charge in [0.1, 0.15) is 5.00 Å². The number of hydrogen-bond acceptors (Lipinski definition) is 3. The number of nitrogens with two attached hydrogens (primary N) is 1. The fourth-order valence-corrected chi connectivity index (χ4v) is 2.02. The number of halogens is 1. The first-order valence-electron chi connectivity index (χ1n) is 4.22. The summed E-state index contributed by atoms with van der Waals surface area (Å²) in [7, 11) is 0. The number of thiophene rings is 1. The molecule has 0 aliphatic heterocycles. The molecule has 0 bridgehead atoms. The highest BCUT2D eigenvalue weighted by Gasteiger charge is 2.06. The van der Waals surface area contributed by atoms with Gasteiger partial charge in [0.25, 0.3) is 0 Å². The Balaban J connectivity index is 2.33. The Bertz CT molecular complexity index is 433. The molecule has 1 atom stereocenters. The molecule has 2 N–H and O–H groups in total. The van der Waals surface area contributed by atoms with Gasteiger partial charge in [0.2, 0.25) is 0 Å². The molecule has 0 saturated carbocycles. The van der Waals surface area contributed by atoms with E-state index in [1.54, 1.807) is 0 Å². The van der Waals surface area contributed by atoms with Crippen LogP contribution in [0.3, 0.4) is 0 Å². The van der Waals surface area contributed by atoms with Crippen molar-refractivity contribution in [2.75, 3.05) is 0 Å². The smallest absolute Gasteiger partial charge is 0.161 e. The zero-order valence-corrected chi connectivity index (χ0v) is 8.46. The molecule has 0 spiro atoms. The molecule has 14 heavy (non-hydrogen) atoms. The Morgan fingerprint density at radius 2 is 2.36 bits per heavy atom. The van der Waals surface area contributed by atoms with Crippen LogP contribution in [0.4, 0.5) is 4.39 Å². The summed E-state index contributed by atoms with van der Waals surface area (Å²) in [5.41, 5.74) is 5.72. The molecule has 0 saturated heterocycles. The van der Waals surface area contributed by atoms with Gasteiger partial charge in [-0.1, -0.05) is 0 Å². The Morgan fingerprint density at radius 3 is 2.86 bits per heavy atom. The van der Waals surface area contributed by atoms with Crippen molar-refractivity contribution in [3.63, 3.8) is 0 Å². The molecule has 0 fully saturated rings. The van der Waals surface area contributed by atoms with Gasteiger partial charge in [-0.25, -0.2) is 9.07 Å². The third-order valence-corrected chi connectivity index (χ3v) is 3.11. The quantitative estimate of drug-likeness (QED) is 0.826. The first-order valence-corrected chi connectivity index (χ1v) is 5.04. The van der Waals surface area contributed by atoms with E-state index in [1.165, 1.54) is 28.4 Å². The van der Waals surface area contributed by atoms with E-state index in [4.69, 9.17) is 5.73 Å². The summed E-state index contributed by atoms with van der Waals surface area (Å²) in [6.07, 6.45) is 2.53. The zero-order valence-electron chi connectivity index (χ0n) is 7.64. The second-order valence-electron chi connectivity index (χ2n) is 3.07. The van der Waals surface area contributed by atoms with Crippen LogP contribution in [0, 0.1) is 5.82 Å². The van der Waals surface area contributed by atoms with Crippen molar-refractivity contribution in [1.29, 1.82) is 0 Å². The van der Waals surface area contributed by atoms with E-state index in [1.807, 2.05) is 19.1 Å². The molecule has 0 aliphatic rings. The third-order valence-electron chi connectivity index (χ3n) is 1.84. The van der Waals surface area contributed by atoms with Gasteiger partial charge in [0.05, 0.1) is 12.4 Å². The van der Waals surface area contributed by atoms with Crippen molar-refractivity contribution in [2.45, 2.75) is 13.0 Å². The highest BCUT2D eigenvalue weighted by Crippen LogP contribution is 2.24. The Labute approximate surface area is 85.0 Å². The van der Waals surface area contributed by atoms with Crippen LogP contribution in [0.2, 0.25) is 0 Å². The van der Waals surface area contributed by atoms with Gasteiger partial charge < -0.3 is 5.73 Å². The van der Waals surface area contributed by atoms with E-state index in [2.05, 4.69) is 5.10 Å². The van der Waals surface area contributed by atoms with E-state index in [-0.39, 0.29) is 11.9 Å². The molecule has 0 amide bonds. The van der Waals surface area contributed by atoms with Crippen LogP contribution in [-0.4, -0.2) is 9.78 Å². The molecule has 2 rings (SSSR count). The number of nitrogens with zero attached hydrogens (tertiary/aromatic N) is 2. The lowest BCUT2D eigenvalue weighted by atomic mass is 10.3. The first kappa shape index (κ1) is 9.36. The van der Waals surface area contributed by atoms with Crippen molar-refractivity contribution >= 4 is 11.3 Å². The minimum absolute atomic E-state index is 0.00848. The average molecular weight is 211 g/mol. The fourth-order valence-electron chi connectivity index (χ4n) is 1.13. The van der Waals surface area contributed by atoms with Crippen LogP contribution in [0.15, 0.2) is 24.5 Å². The van der Waals surface area contributed by atoms with Crippen LogP contribution in [0.25, 0.3) is 5.00 Å². The molecule has 5 heteroatoms. The van der Waals surface area contributed by atoms with Gasteiger partial charge in [0.15, 0.2) is 5.82 Å². The number of rotatable bonds is 2. The molecule has 74 valence electrons. The SMILES string of the molecule is C[C@H](N)c1ccc(-n2cc(F)cn2)s1. The fraction of sp³-hybridized carbons (Fsp3) is 0.222. The van der Waals surface area contributed by atoms with Crippen molar-refractivity contribution < 1.29 is 4.39 Å². The Hall–Kier alpha value is -1.20. The van der Waals surface area contributed by atoms with Gasteiger partial charge in [-0.3, -0.25) is 0 Å². The lowest BCUT2D eigenvalue weighted by Crippen LogP contribution is -2.01. The van der Waals surface area contributed by atoms with E-state index in [0.717, 1.165) is 9.88 Å². The molecule has 2 aromatic heterocycles. The minimum Gasteiger partial charge on any atom is -0.324 e. The highest BCUT2D eigenvalue weighted by atomic mass is 32.1. The first-order chi connectivity index (χ1) is 6.66. The van der Waals surface area contributed by atoms with Crippen molar-refractivity contribution in [1.82, 2.24) is 9.78 Å². The van der Waals surface area contributed by atoms with Crippen LogP contribution >= 0.6 is 11.3 Å². The predicted molar refractivity (Wildman–Crippen MR) is 54.0 cm³/mol. The summed E-state index contributed by atoms with van der Waals surface area (Å²) in [5.74, 6) is -0.333. The molecule has 0 radical (unpaired) electrons. The van der Waals surface area contributed by atoms with Crippen molar-refractivity contribution in [3.05, 3.63) is 35.2 Å². The lowest BCUT2D eigenvalue weighted by molar-refractivity contribution is 0.627. The van der Waals surface area contributed by atoms with Crippen molar-refractivity contribution in [3.8, 4) is 5.00 Å². The molecule has 0 aromatic carbocycles. The lowest BCUT2D eigenvalue weighted by Gasteiger charge is -1.98. The standard InChI is InChI=1S/C9H10FN3S/c1-6(11)8-2-3-9(14-8)13-5-7(10)4-12-13/h2-6H,11H2,1H3/t6-/m0/s1. The summed E-state index contributed by atoms with van der Waals surface area (Å²) in [5, 5.41) is 4.75. The maximum atomic E-state index is 12.7. The van der Waals surface area contributed by atoms with Crippen LogP contribution in [-0.2, 0) is 0 Å². The molecular weight excluding hydrogens is 201 g/mol. The summed E-state index contributed by atoms with van der Waals surface area (Å²) in [6, 6.07) is 3.83. The Kier molecular flexibility index (Phi) is 2.35. The molecule has 3 nitrogen and oxygen atoms in total. The summed E-state index contributed by atoms with van der Waals surface area (Å²) < 4.78 is 14.2. The Morgan fingerprint density at radius 1 is 1.57 bits per heavy atom.